The van der Waals surface area contributed by atoms with Crippen LogP contribution in [0.2, 0.25) is 0 Å². The van der Waals surface area contributed by atoms with Crippen LogP contribution in [0.15, 0.2) is 12.2 Å². The lowest BCUT2D eigenvalue weighted by Gasteiger charge is -2.45. The first kappa shape index (κ1) is 7.53. The Kier molecular flexibility index (Phi) is 1.53. The number of likely N-dealkylation sites (tertiary alicyclic amines) is 1. The summed E-state index contributed by atoms with van der Waals surface area (Å²) in [5.41, 5.74) is 0. The lowest BCUT2D eigenvalue weighted by Crippen LogP contribution is -2.62. The molecule has 3 heteroatoms. The van der Waals surface area contributed by atoms with Crippen LogP contribution in [-0.4, -0.2) is 22.8 Å². The third-order valence-corrected chi connectivity index (χ3v) is 2.58. The van der Waals surface area contributed by atoms with Crippen LogP contribution in [0.4, 0.5) is 0 Å². The Bertz CT molecular complexity index is 270. The van der Waals surface area contributed by atoms with Crippen molar-refractivity contribution >= 4 is 11.8 Å². The maximum Gasteiger partial charge on any atom is 0.235 e. The van der Waals surface area contributed by atoms with E-state index in [1.54, 1.807) is 0 Å². The molecule has 12 heavy (non-hydrogen) atoms. The zero-order valence-electron chi connectivity index (χ0n) is 6.99. The van der Waals surface area contributed by atoms with Gasteiger partial charge in [-0.15, -0.1) is 0 Å². The van der Waals surface area contributed by atoms with E-state index in [4.69, 9.17) is 0 Å². The summed E-state index contributed by atoms with van der Waals surface area (Å²) in [6.45, 7) is 1.44. The monoisotopic (exact) mass is 165 g/mol. The molecule has 1 aliphatic heterocycles. The van der Waals surface area contributed by atoms with E-state index >= 15 is 0 Å². The lowest BCUT2D eigenvalue weighted by atomic mass is 9.80. The van der Waals surface area contributed by atoms with Gasteiger partial charge in [-0.25, -0.2) is 0 Å². The molecule has 0 aromatic carbocycles. The third-order valence-electron chi connectivity index (χ3n) is 2.58. The quantitative estimate of drug-likeness (QED) is 0.391. The van der Waals surface area contributed by atoms with Crippen molar-refractivity contribution in [3.05, 3.63) is 12.2 Å². The van der Waals surface area contributed by atoms with Crippen LogP contribution < -0.4 is 0 Å². The SMILES string of the molecule is CC(=O)N1C(=O)C2CCC=CC21. The molecule has 2 aliphatic rings. The van der Waals surface area contributed by atoms with Gasteiger partial charge in [-0.05, 0) is 12.8 Å². The zero-order valence-corrected chi connectivity index (χ0v) is 6.99. The Morgan fingerprint density at radius 1 is 1.67 bits per heavy atom. The Balaban J connectivity index is 2.20. The van der Waals surface area contributed by atoms with Crippen LogP contribution in [0, 0.1) is 5.92 Å². The number of fused-ring (bicyclic) bond motifs is 1. The van der Waals surface area contributed by atoms with Gasteiger partial charge in [-0.3, -0.25) is 14.5 Å². The van der Waals surface area contributed by atoms with Gasteiger partial charge >= 0.3 is 0 Å². The van der Waals surface area contributed by atoms with E-state index in [0.717, 1.165) is 12.8 Å². The van der Waals surface area contributed by atoms with Crippen LogP contribution in [0.25, 0.3) is 0 Å². The molecule has 1 fully saturated rings. The molecule has 2 amide bonds. The van der Waals surface area contributed by atoms with Gasteiger partial charge in [0.1, 0.15) is 0 Å². The van der Waals surface area contributed by atoms with E-state index in [2.05, 4.69) is 0 Å². The van der Waals surface area contributed by atoms with E-state index < -0.39 is 0 Å². The van der Waals surface area contributed by atoms with Crippen LogP contribution in [0.3, 0.4) is 0 Å². The van der Waals surface area contributed by atoms with Crippen molar-refractivity contribution in [2.75, 3.05) is 0 Å². The van der Waals surface area contributed by atoms with Crippen LogP contribution in [-0.2, 0) is 9.59 Å². The van der Waals surface area contributed by atoms with Crippen molar-refractivity contribution < 1.29 is 9.59 Å². The number of amides is 2. The molecule has 0 aromatic heterocycles. The number of imide groups is 1. The van der Waals surface area contributed by atoms with E-state index in [9.17, 15) is 9.59 Å². The summed E-state index contributed by atoms with van der Waals surface area (Å²) in [7, 11) is 0. The molecular formula is C9H11NO2. The first-order chi connectivity index (χ1) is 5.72. The molecule has 2 rings (SSSR count). The molecule has 0 radical (unpaired) electrons. The van der Waals surface area contributed by atoms with E-state index in [1.807, 2.05) is 12.2 Å². The number of carbonyl (C=O) groups excluding carboxylic acids is 2. The highest BCUT2D eigenvalue weighted by Gasteiger charge is 2.48. The molecule has 3 nitrogen and oxygen atoms in total. The Morgan fingerprint density at radius 3 is 3.08 bits per heavy atom. The average molecular weight is 165 g/mol. The summed E-state index contributed by atoms with van der Waals surface area (Å²) >= 11 is 0. The third kappa shape index (κ3) is 0.823. The molecule has 1 saturated heterocycles. The van der Waals surface area contributed by atoms with Crippen molar-refractivity contribution in [3.8, 4) is 0 Å². The van der Waals surface area contributed by atoms with Crippen molar-refractivity contribution in [1.29, 1.82) is 0 Å². The van der Waals surface area contributed by atoms with Gasteiger partial charge in [-0.1, -0.05) is 12.2 Å². The largest absolute Gasteiger partial charge is 0.275 e. The van der Waals surface area contributed by atoms with Crippen molar-refractivity contribution in [3.63, 3.8) is 0 Å². The van der Waals surface area contributed by atoms with Gasteiger partial charge in [0.2, 0.25) is 11.8 Å². The maximum absolute atomic E-state index is 11.3. The summed E-state index contributed by atoms with van der Waals surface area (Å²) in [6, 6.07) is 0.0729. The second kappa shape index (κ2) is 2.44. The fraction of sp³-hybridized carbons (Fsp3) is 0.556. The van der Waals surface area contributed by atoms with Gasteiger partial charge in [0.05, 0.1) is 12.0 Å². The standard InChI is InChI=1S/C9H11NO2/c1-6(11)10-8-5-3-2-4-7(8)9(10)12/h3,5,7-8H,2,4H2,1H3. The smallest absolute Gasteiger partial charge is 0.235 e. The Morgan fingerprint density at radius 2 is 2.42 bits per heavy atom. The molecular weight excluding hydrogens is 154 g/mol. The molecule has 0 saturated carbocycles. The molecule has 1 heterocycles. The number of hydrogen-bond donors (Lipinski definition) is 0. The normalized spacial score (nSPS) is 32.8. The molecule has 0 aromatic rings. The summed E-state index contributed by atoms with van der Waals surface area (Å²) in [6.07, 6.45) is 5.89. The predicted molar refractivity (Wildman–Crippen MR) is 43.2 cm³/mol. The van der Waals surface area contributed by atoms with Gasteiger partial charge < -0.3 is 0 Å². The average Bonchev–Trinajstić information content (AvgIpc) is 2.03. The highest BCUT2D eigenvalue weighted by Crippen LogP contribution is 2.34. The number of nitrogens with zero attached hydrogens (tertiary/aromatic N) is 1. The highest BCUT2D eigenvalue weighted by molar-refractivity contribution is 6.01. The Hall–Kier alpha value is -1.12. The molecule has 0 N–H and O–H groups in total. The zero-order chi connectivity index (χ0) is 8.72. The van der Waals surface area contributed by atoms with Crippen LogP contribution in [0.1, 0.15) is 19.8 Å². The second-order valence-electron chi connectivity index (χ2n) is 3.33. The minimum Gasteiger partial charge on any atom is -0.275 e. The van der Waals surface area contributed by atoms with E-state index in [0.29, 0.717) is 0 Å². The van der Waals surface area contributed by atoms with Gasteiger partial charge in [0, 0.05) is 6.92 Å². The molecule has 2 unspecified atom stereocenters. The summed E-state index contributed by atoms with van der Waals surface area (Å²) in [5.74, 6) is -0.0245. The lowest BCUT2D eigenvalue weighted by molar-refractivity contribution is -0.162. The number of carbonyl (C=O) groups is 2. The minimum absolute atomic E-state index is 0.0110. The van der Waals surface area contributed by atoms with E-state index in [1.165, 1.54) is 11.8 Å². The number of allylic oxidation sites excluding steroid dienone is 1. The second-order valence-corrected chi connectivity index (χ2v) is 3.33. The molecule has 0 spiro atoms. The fourth-order valence-corrected chi connectivity index (χ4v) is 1.96. The first-order valence-corrected chi connectivity index (χ1v) is 4.22. The first-order valence-electron chi connectivity index (χ1n) is 4.22. The topological polar surface area (TPSA) is 37.4 Å². The van der Waals surface area contributed by atoms with Gasteiger partial charge in [0.25, 0.3) is 0 Å². The number of hydrogen-bond acceptors (Lipinski definition) is 2. The number of β-lactam (4-membered cyclic amide) rings is 1. The minimum atomic E-state index is -0.132. The van der Waals surface area contributed by atoms with Gasteiger partial charge in [-0.2, -0.15) is 0 Å². The molecule has 0 bridgehead atoms. The molecule has 1 aliphatic carbocycles. The molecule has 2 atom stereocenters. The highest BCUT2D eigenvalue weighted by atomic mass is 16.2. The summed E-state index contributed by atoms with van der Waals surface area (Å²) < 4.78 is 0. The number of rotatable bonds is 0. The van der Waals surface area contributed by atoms with E-state index in [-0.39, 0.29) is 23.8 Å². The fourth-order valence-electron chi connectivity index (χ4n) is 1.96. The van der Waals surface area contributed by atoms with Crippen molar-refractivity contribution in [2.45, 2.75) is 25.8 Å². The van der Waals surface area contributed by atoms with Crippen LogP contribution >= 0.6 is 0 Å². The maximum atomic E-state index is 11.3. The van der Waals surface area contributed by atoms with Gasteiger partial charge in [0.15, 0.2) is 0 Å². The molecule has 64 valence electrons. The summed E-state index contributed by atoms with van der Waals surface area (Å²) in [4.78, 5) is 23.6. The van der Waals surface area contributed by atoms with Crippen LogP contribution in [0.5, 0.6) is 0 Å². The van der Waals surface area contributed by atoms with Crippen molar-refractivity contribution in [2.24, 2.45) is 5.92 Å². The predicted octanol–water partition coefficient (Wildman–Crippen LogP) is 0.710. The Labute approximate surface area is 71.0 Å². The summed E-state index contributed by atoms with van der Waals surface area (Å²) in [5, 5.41) is 0. The van der Waals surface area contributed by atoms with Crippen molar-refractivity contribution in [1.82, 2.24) is 4.90 Å².